The number of aliphatic hydroxyl groups excluding tert-OH is 4. The van der Waals surface area contributed by atoms with Crippen molar-refractivity contribution < 1.29 is 30.3 Å². The highest BCUT2D eigenvalue weighted by atomic mass is 16.6. The normalized spacial score (nSPS) is 60.2. The molecule has 5 N–H and O–H groups in total. The van der Waals surface area contributed by atoms with Gasteiger partial charge in [-0.3, -0.25) is 0 Å². The summed E-state index contributed by atoms with van der Waals surface area (Å²) in [5.74, 6) is -0.826. The molecule has 0 bridgehead atoms. The Balaban J connectivity index is 2.20. The second-order valence-corrected chi connectivity index (χ2v) is 3.55. The lowest BCUT2D eigenvalue weighted by Crippen LogP contribution is -2.50. The third kappa shape index (κ3) is 0.983. The van der Waals surface area contributed by atoms with Crippen molar-refractivity contribution in [1.29, 1.82) is 0 Å². The Morgan fingerprint density at radius 1 is 1.23 bits per heavy atom. The molecule has 6 atom stereocenters. The molecule has 2 aliphatic rings. The van der Waals surface area contributed by atoms with Gasteiger partial charge in [0.05, 0.1) is 18.6 Å². The number of fused-ring (bicyclic) bond motifs is 1. The minimum atomic E-state index is -1.60. The van der Waals surface area contributed by atoms with Crippen LogP contribution in [0.15, 0.2) is 0 Å². The maximum Gasteiger partial charge on any atom is 0.181 e. The van der Waals surface area contributed by atoms with Crippen molar-refractivity contribution in [3.8, 4) is 0 Å². The molecule has 0 amide bonds. The van der Waals surface area contributed by atoms with E-state index in [1.807, 2.05) is 0 Å². The standard InChI is InChI=1S/C7H12O6/c8-1-2-7(12)3(5(7)10)4(9)6(11)13-2/h2-6,8-12H,1H2. The summed E-state index contributed by atoms with van der Waals surface area (Å²) < 4.78 is 4.72. The summed E-state index contributed by atoms with van der Waals surface area (Å²) >= 11 is 0. The second kappa shape index (κ2) is 2.63. The summed E-state index contributed by atoms with van der Waals surface area (Å²) in [5.41, 5.74) is -1.60. The molecule has 2 rings (SSSR count). The van der Waals surface area contributed by atoms with E-state index in [0.29, 0.717) is 0 Å². The summed E-state index contributed by atoms with van der Waals surface area (Å²) in [4.78, 5) is 0. The Bertz CT molecular complexity index is 217. The van der Waals surface area contributed by atoms with Crippen molar-refractivity contribution in [2.24, 2.45) is 5.92 Å². The van der Waals surface area contributed by atoms with Crippen molar-refractivity contribution in [2.45, 2.75) is 30.2 Å². The molecular formula is C7H12O6. The highest BCUT2D eigenvalue weighted by Crippen LogP contribution is 2.53. The molecule has 0 radical (unpaired) electrons. The van der Waals surface area contributed by atoms with Crippen LogP contribution in [0.4, 0.5) is 0 Å². The molecule has 0 aromatic rings. The third-order valence-electron chi connectivity index (χ3n) is 2.88. The van der Waals surface area contributed by atoms with Crippen LogP contribution in [0.5, 0.6) is 0 Å². The first-order chi connectivity index (χ1) is 6.03. The van der Waals surface area contributed by atoms with Gasteiger partial charge in [0.25, 0.3) is 0 Å². The van der Waals surface area contributed by atoms with E-state index in [2.05, 4.69) is 0 Å². The van der Waals surface area contributed by atoms with Gasteiger partial charge in [-0.15, -0.1) is 0 Å². The van der Waals surface area contributed by atoms with Gasteiger partial charge in [0, 0.05) is 0 Å². The van der Waals surface area contributed by atoms with E-state index in [-0.39, 0.29) is 0 Å². The van der Waals surface area contributed by atoms with Crippen LogP contribution in [0.2, 0.25) is 0 Å². The Morgan fingerprint density at radius 3 is 2.38 bits per heavy atom. The lowest BCUT2D eigenvalue weighted by atomic mass is 10.0. The quantitative estimate of drug-likeness (QED) is 0.299. The molecule has 6 unspecified atom stereocenters. The summed E-state index contributed by atoms with van der Waals surface area (Å²) in [6.07, 6.45) is -4.94. The molecule has 1 saturated heterocycles. The predicted octanol–water partition coefficient (Wildman–Crippen LogP) is -3.22. The van der Waals surface area contributed by atoms with Crippen LogP contribution in [0.25, 0.3) is 0 Å². The predicted molar refractivity (Wildman–Crippen MR) is 38.4 cm³/mol. The van der Waals surface area contributed by atoms with E-state index in [4.69, 9.17) is 14.9 Å². The maximum atomic E-state index is 9.66. The van der Waals surface area contributed by atoms with E-state index in [0.717, 1.165) is 0 Å². The lowest BCUT2D eigenvalue weighted by Gasteiger charge is -2.32. The summed E-state index contributed by atoms with van der Waals surface area (Å²) in [6.45, 7) is -0.506. The van der Waals surface area contributed by atoms with Gasteiger partial charge in [0.1, 0.15) is 17.8 Å². The third-order valence-corrected chi connectivity index (χ3v) is 2.88. The Labute approximate surface area is 74.0 Å². The van der Waals surface area contributed by atoms with Crippen LogP contribution in [0, 0.1) is 5.92 Å². The number of hydrogen-bond donors (Lipinski definition) is 5. The maximum absolute atomic E-state index is 9.66. The van der Waals surface area contributed by atoms with Gasteiger partial charge < -0.3 is 30.3 Å². The fourth-order valence-electron chi connectivity index (χ4n) is 1.99. The van der Waals surface area contributed by atoms with Gasteiger partial charge in [0.2, 0.25) is 0 Å². The van der Waals surface area contributed by atoms with Crippen molar-refractivity contribution >= 4 is 0 Å². The van der Waals surface area contributed by atoms with Gasteiger partial charge >= 0.3 is 0 Å². The van der Waals surface area contributed by atoms with Crippen LogP contribution >= 0.6 is 0 Å². The summed E-state index contributed by atoms with van der Waals surface area (Å²) in [5, 5.41) is 46.1. The molecule has 1 saturated carbocycles. The van der Waals surface area contributed by atoms with Gasteiger partial charge in [-0.25, -0.2) is 0 Å². The van der Waals surface area contributed by atoms with Crippen molar-refractivity contribution in [3.05, 3.63) is 0 Å². The number of hydrogen-bond acceptors (Lipinski definition) is 6. The average Bonchev–Trinajstić information content (AvgIpc) is 2.64. The zero-order chi connectivity index (χ0) is 9.80. The van der Waals surface area contributed by atoms with Crippen molar-refractivity contribution in [1.82, 2.24) is 0 Å². The first-order valence-corrected chi connectivity index (χ1v) is 4.06. The van der Waals surface area contributed by atoms with E-state index in [9.17, 15) is 15.3 Å². The van der Waals surface area contributed by atoms with Crippen molar-refractivity contribution in [3.63, 3.8) is 0 Å². The summed E-state index contributed by atoms with van der Waals surface area (Å²) in [7, 11) is 0. The smallest absolute Gasteiger partial charge is 0.181 e. The molecule has 1 aliphatic heterocycles. The fourth-order valence-corrected chi connectivity index (χ4v) is 1.99. The number of rotatable bonds is 1. The molecular weight excluding hydrogens is 180 g/mol. The van der Waals surface area contributed by atoms with Gasteiger partial charge in [-0.05, 0) is 0 Å². The molecule has 0 spiro atoms. The molecule has 6 heteroatoms. The minimum Gasteiger partial charge on any atom is -0.394 e. The first-order valence-electron chi connectivity index (χ1n) is 4.06. The topological polar surface area (TPSA) is 110 Å². The Hall–Kier alpha value is -0.240. The first kappa shape index (κ1) is 9.32. The zero-order valence-corrected chi connectivity index (χ0v) is 6.74. The molecule has 13 heavy (non-hydrogen) atoms. The number of aliphatic hydroxyl groups is 5. The molecule has 0 aromatic heterocycles. The van der Waals surface area contributed by atoms with E-state index in [1.54, 1.807) is 0 Å². The van der Waals surface area contributed by atoms with Crippen LogP contribution in [-0.4, -0.2) is 62.3 Å². The second-order valence-electron chi connectivity index (χ2n) is 3.55. The largest absolute Gasteiger partial charge is 0.394 e. The molecule has 1 heterocycles. The number of ether oxygens (including phenoxy) is 1. The average molecular weight is 192 g/mol. The van der Waals surface area contributed by atoms with Crippen molar-refractivity contribution in [2.75, 3.05) is 6.61 Å². The minimum absolute atomic E-state index is 0.506. The molecule has 0 aromatic carbocycles. The highest BCUT2D eigenvalue weighted by molar-refractivity contribution is 5.22. The van der Waals surface area contributed by atoms with E-state index < -0.39 is 42.7 Å². The van der Waals surface area contributed by atoms with Crippen LogP contribution < -0.4 is 0 Å². The monoisotopic (exact) mass is 192 g/mol. The zero-order valence-electron chi connectivity index (χ0n) is 6.74. The van der Waals surface area contributed by atoms with Gasteiger partial charge in [0.15, 0.2) is 6.29 Å². The van der Waals surface area contributed by atoms with Gasteiger partial charge in [-0.2, -0.15) is 0 Å². The SMILES string of the molecule is OCC1OC(O)C(O)C2C(O)C12O. The summed E-state index contributed by atoms with van der Waals surface area (Å²) in [6, 6.07) is 0. The molecule has 2 fully saturated rings. The van der Waals surface area contributed by atoms with Crippen LogP contribution in [-0.2, 0) is 4.74 Å². The molecule has 76 valence electrons. The highest BCUT2D eigenvalue weighted by Gasteiger charge is 2.74. The lowest BCUT2D eigenvalue weighted by molar-refractivity contribution is -0.255. The van der Waals surface area contributed by atoms with Crippen LogP contribution in [0.3, 0.4) is 0 Å². The van der Waals surface area contributed by atoms with Gasteiger partial charge in [-0.1, -0.05) is 0 Å². The fraction of sp³-hybridized carbons (Fsp3) is 1.00. The van der Waals surface area contributed by atoms with E-state index in [1.165, 1.54) is 0 Å². The van der Waals surface area contributed by atoms with E-state index >= 15 is 0 Å². The Morgan fingerprint density at radius 2 is 1.85 bits per heavy atom. The molecule has 6 nitrogen and oxygen atoms in total. The Kier molecular flexibility index (Phi) is 1.88. The molecule has 1 aliphatic carbocycles. The van der Waals surface area contributed by atoms with Crippen LogP contribution in [0.1, 0.15) is 0 Å².